The second-order valence-corrected chi connectivity index (χ2v) is 6.08. The molecule has 28 heavy (non-hydrogen) atoms. The number of hydrogen-bond acceptors (Lipinski definition) is 6. The van der Waals surface area contributed by atoms with Crippen LogP contribution in [-0.2, 0) is 0 Å². The average molecular weight is 399 g/mol. The number of para-hydroxylation sites is 2. The third-order valence-electron chi connectivity index (χ3n) is 3.76. The standard InChI is InChI=1S/C20H19ClN4O3/c1-3-28-18-7-5-4-6-14(18)24-19-11-16(22-12-23-19)20(26)25-15-10-13(21)8-9-17(15)27-2/h4-12H,3H2,1-2H3,(H,25,26)(H,22,23,24). The lowest BCUT2D eigenvalue weighted by molar-refractivity contribution is 0.102. The number of rotatable bonds is 7. The predicted octanol–water partition coefficient (Wildman–Crippen LogP) is 4.53. The number of ether oxygens (including phenoxy) is 2. The van der Waals surface area contributed by atoms with E-state index in [1.807, 2.05) is 31.2 Å². The summed E-state index contributed by atoms with van der Waals surface area (Å²) in [5, 5.41) is 6.38. The molecule has 1 amide bonds. The van der Waals surface area contributed by atoms with Crippen molar-refractivity contribution in [3.8, 4) is 11.5 Å². The Bertz CT molecular complexity index is 981. The Morgan fingerprint density at radius 2 is 1.89 bits per heavy atom. The zero-order valence-electron chi connectivity index (χ0n) is 15.4. The largest absolute Gasteiger partial charge is 0.495 e. The molecule has 0 unspecified atom stereocenters. The van der Waals surface area contributed by atoms with Crippen molar-refractivity contribution in [3.63, 3.8) is 0 Å². The Labute approximate surface area is 167 Å². The number of nitrogens with one attached hydrogen (secondary N) is 2. The first-order valence-corrected chi connectivity index (χ1v) is 8.94. The summed E-state index contributed by atoms with van der Waals surface area (Å²) in [7, 11) is 1.52. The van der Waals surface area contributed by atoms with Crippen molar-refractivity contribution in [2.75, 3.05) is 24.4 Å². The van der Waals surface area contributed by atoms with Gasteiger partial charge in [0.2, 0.25) is 0 Å². The van der Waals surface area contributed by atoms with E-state index in [-0.39, 0.29) is 5.69 Å². The summed E-state index contributed by atoms with van der Waals surface area (Å²) in [6.45, 7) is 2.45. The fourth-order valence-electron chi connectivity index (χ4n) is 2.50. The quantitative estimate of drug-likeness (QED) is 0.608. The van der Waals surface area contributed by atoms with E-state index in [1.165, 1.54) is 13.4 Å². The smallest absolute Gasteiger partial charge is 0.274 e. The van der Waals surface area contributed by atoms with Gasteiger partial charge in [-0.25, -0.2) is 9.97 Å². The monoisotopic (exact) mass is 398 g/mol. The zero-order valence-corrected chi connectivity index (χ0v) is 16.2. The van der Waals surface area contributed by atoms with Gasteiger partial charge in [-0.15, -0.1) is 0 Å². The van der Waals surface area contributed by atoms with E-state index in [0.717, 1.165) is 5.69 Å². The predicted molar refractivity (Wildman–Crippen MR) is 109 cm³/mol. The molecule has 0 aliphatic heterocycles. The van der Waals surface area contributed by atoms with Gasteiger partial charge in [-0.3, -0.25) is 4.79 Å². The fourth-order valence-corrected chi connectivity index (χ4v) is 2.68. The molecule has 3 aromatic rings. The van der Waals surface area contributed by atoms with E-state index in [2.05, 4.69) is 20.6 Å². The molecule has 0 bridgehead atoms. The van der Waals surface area contributed by atoms with Crippen LogP contribution in [0.2, 0.25) is 5.02 Å². The van der Waals surface area contributed by atoms with Gasteiger partial charge in [0, 0.05) is 11.1 Å². The molecule has 7 nitrogen and oxygen atoms in total. The molecule has 0 radical (unpaired) electrons. The second-order valence-electron chi connectivity index (χ2n) is 5.64. The van der Waals surface area contributed by atoms with Crippen molar-refractivity contribution in [3.05, 3.63) is 65.6 Å². The summed E-state index contributed by atoms with van der Waals surface area (Å²) in [4.78, 5) is 20.8. The molecule has 0 saturated carbocycles. The first-order chi connectivity index (χ1) is 13.6. The minimum Gasteiger partial charge on any atom is -0.495 e. The van der Waals surface area contributed by atoms with Crippen LogP contribution in [0.5, 0.6) is 11.5 Å². The van der Waals surface area contributed by atoms with Crippen molar-refractivity contribution < 1.29 is 14.3 Å². The number of aromatic nitrogens is 2. The van der Waals surface area contributed by atoms with E-state index in [0.29, 0.717) is 34.6 Å². The molecule has 0 aliphatic carbocycles. The minimum absolute atomic E-state index is 0.188. The van der Waals surface area contributed by atoms with Crippen molar-refractivity contribution >= 4 is 34.7 Å². The number of methoxy groups -OCH3 is 1. The molecule has 0 atom stereocenters. The summed E-state index contributed by atoms with van der Waals surface area (Å²) in [6, 6.07) is 14.0. The molecule has 1 heterocycles. The molecule has 1 aromatic heterocycles. The maximum atomic E-state index is 12.6. The Kier molecular flexibility index (Phi) is 6.29. The number of hydrogen-bond donors (Lipinski definition) is 2. The fraction of sp³-hybridized carbons (Fsp3) is 0.150. The van der Waals surface area contributed by atoms with E-state index in [1.54, 1.807) is 24.3 Å². The third kappa shape index (κ3) is 4.69. The van der Waals surface area contributed by atoms with Crippen LogP contribution in [0.4, 0.5) is 17.2 Å². The highest BCUT2D eigenvalue weighted by Gasteiger charge is 2.13. The van der Waals surface area contributed by atoms with E-state index in [9.17, 15) is 4.79 Å². The number of benzene rings is 2. The topological polar surface area (TPSA) is 85.4 Å². The first kappa shape index (κ1) is 19.4. The minimum atomic E-state index is -0.413. The van der Waals surface area contributed by atoms with Crippen LogP contribution in [0.1, 0.15) is 17.4 Å². The van der Waals surface area contributed by atoms with Gasteiger partial charge in [0.1, 0.15) is 29.3 Å². The molecule has 144 valence electrons. The molecule has 0 aliphatic rings. The van der Waals surface area contributed by atoms with Crippen LogP contribution in [0.25, 0.3) is 0 Å². The zero-order chi connectivity index (χ0) is 19.9. The maximum absolute atomic E-state index is 12.6. The number of amides is 1. The lowest BCUT2D eigenvalue weighted by Crippen LogP contribution is -2.15. The summed E-state index contributed by atoms with van der Waals surface area (Å²) >= 11 is 6.00. The number of carbonyl (C=O) groups is 1. The first-order valence-electron chi connectivity index (χ1n) is 8.56. The van der Waals surface area contributed by atoms with Crippen LogP contribution >= 0.6 is 11.6 Å². The summed E-state index contributed by atoms with van der Waals surface area (Å²) < 4.78 is 10.8. The van der Waals surface area contributed by atoms with Gasteiger partial charge < -0.3 is 20.1 Å². The van der Waals surface area contributed by atoms with Gasteiger partial charge in [0.15, 0.2) is 0 Å². The summed E-state index contributed by atoms with van der Waals surface area (Å²) in [5.41, 5.74) is 1.38. The highest BCUT2D eigenvalue weighted by Crippen LogP contribution is 2.29. The van der Waals surface area contributed by atoms with Gasteiger partial charge in [0.05, 0.1) is 25.1 Å². The Morgan fingerprint density at radius 1 is 1.07 bits per heavy atom. The number of anilines is 3. The Morgan fingerprint density at radius 3 is 2.68 bits per heavy atom. The molecule has 2 N–H and O–H groups in total. The second kappa shape index (κ2) is 9.05. The van der Waals surface area contributed by atoms with Gasteiger partial charge in [0.25, 0.3) is 5.91 Å². The summed E-state index contributed by atoms with van der Waals surface area (Å²) in [6.07, 6.45) is 1.32. The highest BCUT2D eigenvalue weighted by atomic mass is 35.5. The molecule has 3 rings (SSSR count). The van der Waals surface area contributed by atoms with E-state index in [4.69, 9.17) is 21.1 Å². The maximum Gasteiger partial charge on any atom is 0.274 e. The Hall–Kier alpha value is -3.32. The average Bonchev–Trinajstić information content (AvgIpc) is 2.70. The highest BCUT2D eigenvalue weighted by molar-refractivity contribution is 6.31. The van der Waals surface area contributed by atoms with Crippen molar-refractivity contribution in [2.45, 2.75) is 6.92 Å². The lowest BCUT2D eigenvalue weighted by atomic mass is 10.2. The molecule has 8 heteroatoms. The van der Waals surface area contributed by atoms with Gasteiger partial charge in [-0.05, 0) is 37.3 Å². The molecule has 0 fully saturated rings. The van der Waals surface area contributed by atoms with Crippen molar-refractivity contribution in [1.82, 2.24) is 9.97 Å². The number of nitrogens with zero attached hydrogens (tertiary/aromatic N) is 2. The normalized spacial score (nSPS) is 10.2. The molecular weight excluding hydrogens is 380 g/mol. The van der Waals surface area contributed by atoms with E-state index < -0.39 is 5.91 Å². The summed E-state index contributed by atoms with van der Waals surface area (Å²) in [5.74, 6) is 1.24. The van der Waals surface area contributed by atoms with Gasteiger partial charge in [-0.2, -0.15) is 0 Å². The third-order valence-corrected chi connectivity index (χ3v) is 3.99. The van der Waals surface area contributed by atoms with Crippen LogP contribution in [-0.4, -0.2) is 29.6 Å². The van der Waals surface area contributed by atoms with Gasteiger partial charge >= 0.3 is 0 Å². The molecular formula is C20H19ClN4O3. The van der Waals surface area contributed by atoms with Crippen molar-refractivity contribution in [1.29, 1.82) is 0 Å². The number of carbonyl (C=O) groups excluding carboxylic acids is 1. The van der Waals surface area contributed by atoms with Crippen molar-refractivity contribution in [2.24, 2.45) is 0 Å². The van der Waals surface area contributed by atoms with Crippen LogP contribution in [0.3, 0.4) is 0 Å². The number of halogens is 1. The van der Waals surface area contributed by atoms with Crippen LogP contribution < -0.4 is 20.1 Å². The SMILES string of the molecule is CCOc1ccccc1Nc1cc(C(=O)Nc2cc(Cl)ccc2OC)ncn1. The molecule has 2 aromatic carbocycles. The lowest BCUT2D eigenvalue weighted by Gasteiger charge is -2.12. The molecule has 0 spiro atoms. The van der Waals surface area contributed by atoms with E-state index >= 15 is 0 Å². The van der Waals surface area contributed by atoms with Gasteiger partial charge in [-0.1, -0.05) is 23.7 Å². The van der Waals surface area contributed by atoms with Crippen LogP contribution in [0, 0.1) is 0 Å². The molecule has 0 saturated heterocycles. The van der Waals surface area contributed by atoms with Crippen LogP contribution in [0.15, 0.2) is 54.9 Å². The Balaban J connectivity index is 1.80.